The molecule has 2 saturated heterocycles. The Morgan fingerprint density at radius 1 is 1.35 bits per heavy atom. The van der Waals surface area contributed by atoms with Gasteiger partial charge in [0.1, 0.15) is 5.41 Å². The van der Waals surface area contributed by atoms with Crippen LogP contribution in [0.1, 0.15) is 50.6 Å². The molecule has 3 aliphatic rings. The lowest BCUT2D eigenvalue weighted by atomic mass is 9.63. The molecule has 3 heterocycles. The van der Waals surface area contributed by atoms with Crippen LogP contribution in [0, 0.1) is 22.7 Å². The molecule has 7 nitrogen and oxygen atoms in total. The van der Waals surface area contributed by atoms with Crippen molar-refractivity contribution in [1.82, 2.24) is 14.9 Å². The summed E-state index contributed by atoms with van der Waals surface area (Å²) in [5.74, 6) is 1.12. The Labute approximate surface area is 153 Å². The first-order chi connectivity index (χ1) is 12.5. The van der Waals surface area contributed by atoms with E-state index in [4.69, 9.17) is 0 Å². The lowest BCUT2D eigenvalue weighted by Gasteiger charge is -2.41. The second-order valence-electron chi connectivity index (χ2n) is 8.13. The topological polar surface area (TPSA) is 93.1 Å². The van der Waals surface area contributed by atoms with Gasteiger partial charge in [-0.1, -0.05) is 6.92 Å². The number of amides is 1. The molecular weight excluding hydrogens is 330 g/mol. The number of rotatable bonds is 3. The summed E-state index contributed by atoms with van der Waals surface area (Å²) in [6.45, 7) is 5.10. The van der Waals surface area contributed by atoms with Gasteiger partial charge in [0.15, 0.2) is 0 Å². The van der Waals surface area contributed by atoms with E-state index < -0.39 is 5.41 Å². The van der Waals surface area contributed by atoms with Crippen LogP contribution in [0.5, 0.6) is 0 Å². The summed E-state index contributed by atoms with van der Waals surface area (Å²) >= 11 is 0. The van der Waals surface area contributed by atoms with Crippen LogP contribution in [0.3, 0.4) is 0 Å². The quantitative estimate of drug-likeness (QED) is 0.889. The third-order valence-electron chi connectivity index (χ3n) is 6.07. The van der Waals surface area contributed by atoms with E-state index in [-0.39, 0.29) is 17.4 Å². The van der Waals surface area contributed by atoms with Crippen molar-refractivity contribution in [3.63, 3.8) is 0 Å². The molecule has 1 aliphatic carbocycles. The molecule has 1 N–H and O–H groups in total. The summed E-state index contributed by atoms with van der Waals surface area (Å²) in [6, 6.07) is 3.82. The Hall–Kier alpha value is -2.36. The molecule has 2 aliphatic heterocycles. The minimum atomic E-state index is -0.823. The molecule has 1 atom stereocenters. The third kappa shape index (κ3) is 2.87. The Bertz CT molecular complexity index is 799. The summed E-state index contributed by atoms with van der Waals surface area (Å²) < 4.78 is 0. The maximum Gasteiger partial charge on any atom is 0.252 e. The summed E-state index contributed by atoms with van der Waals surface area (Å²) in [7, 11) is 0. The molecule has 7 heteroatoms. The monoisotopic (exact) mass is 355 g/mol. The van der Waals surface area contributed by atoms with Crippen LogP contribution in [0.4, 0.5) is 5.95 Å². The van der Waals surface area contributed by atoms with Crippen molar-refractivity contribution < 1.29 is 4.79 Å². The highest BCUT2D eigenvalue weighted by atomic mass is 16.2. The Kier molecular flexibility index (Phi) is 4.22. The van der Waals surface area contributed by atoms with Crippen molar-refractivity contribution in [2.24, 2.45) is 11.3 Å². The van der Waals surface area contributed by atoms with Gasteiger partial charge in [0, 0.05) is 38.2 Å². The molecule has 138 valence electrons. The largest absolute Gasteiger partial charge is 0.342 e. The predicted molar refractivity (Wildman–Crippen MR) is 96.7 cm³/mol. The number of carbonyl (C=O) groups is 1. The SMILES string of the molecule is CC1CC(C#N)(C(=O)N2CCC(c3cc(=O)[nH]c(N4CCCC4)n3)C2)C1. The van der Waals surface area contributed by atoms with Crippen LogP contribution < -0.4 is 10.5 Å². The van der Waals surface area contributed by atoms with Gasteiger partial charge in [-0.2, -0.15) is 5.26 Å². The number of hydrogen-bond donors (Lipinski definition) is 1. The number of likely N-dealkylation sites (tertiary alicyclic amines) is 1. The van der Waals surface area contributed by atoms with Crippen molar-refractivity contribution in [3.05, 3.63) is 22.1 Å². The fraction of sp³-hybridized carbons (Fsp3) is 0.684. The Morgan fingerprint density at radius 3 is 2.73 bits per heavy atom. The van der Waals surface area contributed by atoms with Crippen molar-refractivity contribution >= 4 is 11.9 Å². The normalized spacial score (nSPS) is 30.9. The van der Waals surface area contributed by atoms with Gasteiger partial charge in [0.05, 0.1) is 11.8 Å². The summed E-state index contributed by atoms with van der Waals surface area (Å²) in [5, 5.41) is 9.50. The standard InChI is InChI=1S/C19H25N5O2/c1-13-9-19(10-13,12-20)17(26)24-7-4-14(11-24)15-8-16(25)22-18(21-15)23-5-2-3-6-23/h8,13-14H,2-7,9-11H2,1H3,(H,21,22,25). The maximum atomic E-state index is 12.9. The van der Waals surface area contributed by atoms with Gasteiger partial charge >= 0.3 is 0 Å². The van der Waals surface area contributed by atoms with E-state index in [0.717, 1.165) is 38.0 Å². The van der Waals surface area contributed by atoms with Gasteiger partial charge in [-0.25, -0.2) is 4.98 Å². The second-order valence-corrected chi connectivity index (χ2v) is 8.13. The minimum absolute atomic E-state index is 0.0368. The van der Waals surface area contributed by atoms with Gasteiger partial charge in [-0.15, -0.1) is 0 Å². The fourth-order valence-corrected chi connectivity index (χ4v) is 4.68. The molecule has 1 aromatic rings. The Balaban J connectivity index is 1.50. The number of nitrogens with zero attached hydrogens (tertiary/aromatic N) is 4. The highest BCUT2D eigenvalue weighted by molar-refractivity contribution is 5.87. The Morgan fingerprint density at radius 2 is 2.08 bits per heavy atom. The molecule has 0 radical (unpaired) electrons. The zero-order valence-corrected chi connectivity index (χ0v) is 15.2. The van der Waals surface area contributed by atoms with Gasteiger partial charge in [-0.3, -0.25) is 14.6 Å². The number of nitrogens with one attached hydrogen (secondary N) is 1. The van der Waals surface area contributed by atoms with Gasteiger partial charge in [-0.05, 0) is 38.0 Å². The summed E-state index contributed by atoms with van der Waals surface area (Å²) in [5.41, 5.74) is -0.196. The van der Waals surface area contributed by atoms with Crippen LogP contribution in [0.2, 0.25) is 0 Å². The van der Waals surface area contributed by atoms with Gasteiger partial charge < -0.3 is 9.80 Å². The zero-order chi connectivity index (χ0) is 18.3. The number of H-pyrrole nitrogens is 1. The van der Waals surface area contributed by atoms with E-state index in [0.29, 0.717) is 37.8 Å². The van der Waals surface area contributed by atoms with Crippen molar-refractivity contribution in [2.45, 2.75) is 44.9 Å². The van der Waals surface area contributed by atoms with Crippen LogP contribution in [0.25, 0.3) is 0 Å². The first-order valence-electron chi connectivity index (χ1n) is 9.57. The number of carbonyl (C=O) groups excluding carboxylic acids is 1. The van der Waals surface area contributed by atoms with Crippen LogP contribution in [0.15, 0.2) is 10.9 Å². The lowest BCUT2D eigenvalue weighted by molar-refractivity contribution is -0.144. The van der Waals surface area contributed by atoms with Crippen LogP contribution >= 0.6 is 0 Å². The van der Waals surface area contributed by atoms with Crippen molar-refractivity contribution in [3.8, 4) is 6.07 Å². The van der Waals surface area contributed by atoms with Crippen molar-refractivity contribution in [1.29, 1.82) is 5.26 Å². The van der Waals surface area contributed by atoms with Crippen molar-refractivity contribution in [2.75, 3.05) is 31.1 Å². The molecule has 0 spiro atoms. The molecule has 0 bridgehead atoms. The number of nitriles is 1. The molecule has 1 aromatic heterocycles. The van der Waals surface area contributed by atoms with E-state index in [1.807, 2.05) is 0 Å². The fourth-order valence-electron chi connectivity index (χ4n) is 4.68. The number of anilines is 1. The predicted octanol–water partition coefficient (Wildman–Crippen LogP) is 1.63. The van der Waals surface area contributed by atoms with E-state index in [2.05, 4.69) is 27.9 Å². The lowest BCUT2D eigenvalue weighted by Crippen LogP contribution is -2.49. The van der Waals surface area contributed by atoms with E-state index in [1.54, 1.807) is 11.0 Å². The molecule has 4 rings (SSSR count). The van der Waals surface area contributed by atoms with E-state index in [1.165, 1.54) is 0 Å². The van der Waals surface area contributed by atoms with E-state index >= 15 is 0 Å². The average molecular weight is 355 g/mol. The molecule has 3 fully saturated rings. The number of aromatic amines is 1. The molecule has 1 unspecified atom stereocenters. The molecule has 0 aromatic carbocycles. The first-order valence-corrected chi connectivity index (χ1v) is 9.57. The first kappa shape index (κ1) is 17.1. The maximum absolute atomic E-state index is 12.9. The molecule has 1 amide bonds. The van der Waals surface area contributed by atoms with Gasteiger partial charge in [0.2, 0.25) is 11.9 Å². The molecule has 26 heavy (non-hydrogen) atoms. The zero-order valence-electron chi connectivity index (χ0n) is 15.2. The summed E-state index contributed by atoms with van der Waals surface area (Å²) in [6.07, 6.45) is 4.35. The summed E-state index contributed by atoms with van der Waals surface area (Å²) in [4.78, 5) is 36.4. The van der Waals surface area contributed by atoms with Gasteiger partial charge in [0.25, 0.3) is 5.56 Å². The van der Waals surface area contributed by atoms with E-state index in [9.17, 15) is 14.9 Å². The molecular formula is C19H25N5O2. The highest BCUT2D eigenvalue weighted by Crippen LogP contribution is 2.47. The number of aromatic nitrogens is 2. The molecule has 1 saturated carbocycles. The average Bonchev–Trinajstić information content (AvgIpc) is 3.29. The minimum Gasteiger partial charge on any atom is -0.342 e. The highest BCUT2D eigenvalue weighted by Gasteiger charge is 2.51. The second kappa shape index (κ2) is 6.42. The van der Waals surface area contributed by atoms with Crippen LogP contribution in [-0.4, -0.2) is 47.0 Å². The number of hydrogen-bond acceptors (Lipinski definition) is 5. The smallest absolute Gasteiger partial charge is 0.252 e. The third-order valence-corrected chi connectivity index (χ3v) is 6.07. The van der Waals surface area contributed by atoms with Crippen LogP contribution in [-0.2, 0) is 4.79 Å².